The minimum Gasteiger partial charge on any atom is -0.351 e. The average Bonchev–Trinajstić information content (AvgIpc) is 2.60. The molecule has 2 amide bonds. The van der Waals surface area contributed by atoms with Crippen LogP contribution in [-0.4, -0.2) is 24.9 Å². The average molecular weight is 439 g/mol. The van der Waals surface area contributed by atoms with Gasteiger partial charge in [0.05, 0.1) is 12.0 Å². The fourth-order valence-electron chi connectivity index (χ4n) is 3.20. The zero-order valence-electron chi connectivity index (χ0n) is 13.6. The van der Waals surface area contributed by atoms with Crippen molar-refractivity contribution < 1.29 is 9.59 Å². The molecule has 0 saturated heterocycles. The highest BCUT2D eigenvalue weighted by molar-refractivity contribution is 14.1. The number of amides is 2. The Bertz CT molecular complexity index is 621. The SMILES string of the molecule is N#CCNC(=O)C(CNC(=O)c1cccc(I)c1)C1CCCCC1. The van der Waals surface area contributed by atoms with E-state index in [1.54, 1.807) is 6.07 Å². The predicted molar refractivity (Wildman–Crippen MR) is 100 cm³/mol. The van der Waals surface area contributed by atoms with Crippen LogP contribution in [0.4, 0.5) is 0 Å². The molecule has 24 heavy (non-hydrogen) atoms. The zero-order valence-corrected chi connectivity index (χ0v) is 15.7. The van der Waals surface area contributed by atoms with Gasteiger partial charge >= 0.3 is 0 Å². The molecule has 1 saturated carbocycles. The van der Waals surface area contributed by atoms with Crippen LogP contribution in [0.1, 0.15) is 42.5 Å². The first-order valence-electron chi connectivity index (χ1n) is 8.30. The fourth-order valence-corrected chi connectivity index (χ4v) is 3.75. The molecule has 128 valence electrons. The van der Waals surface area contributed by atoms with Crippen molar-refractivity contribution in [2.24, 2.45) is 11.8 Å². The summed E-state index contributed by atoms with van der Waals surface area (Å²) in [5, 5.41) is 14.2. The second kappa shape index (κ2) is 9.62. The first kappa shape index (κ1) is 18.7. The molecular formula is C18H22IN3O2. The molecule has 1 unspecified atom stereocenters. The van der Waals surface area contributed by atoms with Crippen LogP contribution in [0, 0.1) is 26.7 Å². The molecule has 1 aliphatic carbocycles. The Morgan fingerprint density at radius 1 is 1.25 bits per heavy atom. The third-order valence-electron chi connectivity index (χ3n) is 4.47. The molecule has 0 aliphatic heterocycles. The summed E-state index contributed by atoms with van der Waals surface area (Å²) in [7, 11) is 0. The van der Waals surface area contributed by atoms with E-state index in [1.807, 2.05) is 24.3 Å². The highest BCUT2D eigenvalue weighted by Gasteiger charge is 2.29. The van der Waals surface area contributed by atoms with Gasteiger partial charge in [-0.05, 0) is 59.5 Å². The summed E-state index contributed by atoms with van der Waals surface area (Å²) in [6.45, 7) is 0.319. The van der Waals surface area contributed by atoms with Crippen LogP contribution in [0.25, 0.3) is 0 Å². The van der Waals surface area contributed by atoms with Gasteiger partial charge in [0.25, 0.3) is 5.91 Å². The van der Waals surface area contributed by atoms with Crippen LogP contribution in [0.5, 0.6) is 0 Å². The molecule has 5 nitrogen and oxygen atoms in total. The third-order valence-corrected chi connectivity index (χ3v) is 5.14. The number of rotatable bonds is 6. The van der Waals surface area contributed by atoms with Crippen LogP contribution >= 0.6 is 22.6 Å². The molecule has 1 atom stereocenters. The molecule has 0 spiro atoms. The standard InChI is InChI=1S/C18H22IN3O2/c19-15-8-4-7-14(11-15)17(23)22-12-16(18(24)21-10-9-20)13-5-2-1-3-6-13/h4,7-8,11,13,16H,1-3,5-6,10,12H2,(H,21,24)(H,22,23). The van der Waals surface area contributed by atoms with Crippen molar-refractivity contribution in [1.82, 2.24) is 10.6 Å². The minimum absolute atomic E-state index is 0.00683. The summed E-state index contributed by atoms with van der Waals surface area (Å²) in [5.41, 5.74) is 0.599. The molecule has 1 fully saturated rings. The number of carbonyl (C=O) groups excluding carboxylic acids is 2. The maximum atomic E-state index is 12.4. The Morgan fingerprint density at radius 3 is 2.67 bits per heavy atom. The molecule has 0 radical (unpaired) electrons. The smallest absolute Gasteiger partial charge is 0.251 e. The maximum absolute atomic E-state index is 12.4. The molecule has 0 heterocycles. The van der Waals surface area contributed by atoms with Gasteiger partial charge in [-0.1, -0.05) is 25.3 Å². The lowest BCUT2D eigenvalue weighted by Crippen LogP contribution is -2.43. The fraction of sp³-hybridized carbons (Fsp3) is 0.500. The van der Waals surface area contributed by atoms with Crippen molar-refractivity contribution in [1.29, 1.82) is 5.26 Å². The topological polar surface area (TPSA) is 82.0 Å². The van der Waals surface area contributed by atoms with E-state index in [2.05, 4.69) is 33.2 Å². The number of carbonyl (C=O) groups is 2. The quantitative estimate of drug-likeness (QED) is 0.529. The summed E-state index contributed by atoms with van der Waals surface area (Å²) in [6.07, 6.45) is 5.46. The Kier molecular flexibility index (Phi) is 7.50. The molecule has 2 rings (SSSR count). The largest absolute Gasteiger partial charge is 0.351 e. The van der Waals surface area contributed by atoms with Gasteiger partial charge in [-0.3, -0.25) is 9.59 Å². The van der Waals surface area contributed by atoms with Gasteiger partial charge in [0, 0.05) is 15.7 Å². The first-order valence-corrected chi connectivity index (χ1v) is 9.38. The lowest BCUT2D eigenvalue weighted by atomic mass is 9.79. The second-order valence-corrected chi connectivity index (χ2v) is 7.35. The summed E-state index contributed by atoms with van der Waals surface area (Å²) >= 11 is 2.17. The van der Waals surface area contributed by atoms with Crippen molar-refractivity contribution in [3.05, 3.63) is 33.4 Å². The highest BCUT2D eigenvalue weighted by Crippen LogP contribution is 2.30. The number of hydrogen-bond acceptors (Lipinski definition) is 3. The Labute approximate surface area is 156 Å². The molecule has 0 aromatic heterocycles. The Balaban J connectivity index is 2.00. The predicted octanol–water partition coefficient (Wildman–Crippen LogP) is 2.86. The lowest BCUT2D eigenvalue weighted by Gasteiger charge is -2.29. The second-order valence-electron chi connectivity index (χ2n) is 6.10. The van der Waals surface area contributed by atoms with E-state index in [0.717, 1.165) is 29.3 Å². The van der Waals surface area contributed by atoms with Crippen molar-refractivity contribution in [3.8, 4) is 6.07 Å². The monoisotopic (exact) mass is 439 g/mol. The van der Waals surface area contributed by atoms with Crippen LogP contribution < -0.4 is 10.6 Å². The van der Waals surface area contributed by atoms with Crippen LogP contribution in [0.3, 0.4) is 0 Å². The molecule has 1 aromatic rings. The Hall–Kier alpha value is -1.62. The highest BCUT2D eigenvalue weighted by atomic mass is 127. The first-order chi connectivity index (χ1) is 11.6. The molecule has 1 aromatic carbocycles. The summed E-state index contributed by atoms with van der Waals surface area (Å²) in [6, 6.07) is 9.29. The van der Waals surface area contributed by atoms with Crippen LogP contribution in [0.2, 0.25) is 0 Å². The summed E-state index contributed by atoms with van der Waals surface area (Å²) in [5.74, 6) is -0.298. The van der Waals surface area contributed by atoms with Gasteiger partial charge in [-0.25, -0.2) is 0 Å². The summed E-state index contributed by atoms with van der Waals surface area (Å²) < 4.78 is 0.996. The number of nitrogens with one attached hydrogen (secondary N) is 2. The van der Waals surface area contributed by atoms with E-state index < -0.39 is 0 Å². The van der Waals surface area contributed by atoms with Crippen molar-refractivity contribution in [3.63, 3.8) is 0 Å². The van der Waals surface area contributed by atoms with Crippen LogP contribution in [-0.2, 0) is 4.79 Å². The van der Waals surface area contributed by atoms with Gasteiger partial charge in [0.1, 0.15) is 6.54 Å². The van der Waals surface area contributed by atoms with Gasteiger partial charge in [0.15, 0.2) is 0 Å². The van der Waals surface area contributed by atoms with Gasteiger partial charge in [-0.2, -0.15) is 5.26 Å². The van der Waals surface area contributed by atoms with E-state index in [0.29, 0.717) is 12.1 Å². The zero-order chi connectivity index (χ0) is 17.4. The van der Waals surface area contributed by atoms with Gasteiger partial charge in [0.2, 0.25) is 5.91 Å². The van der Waals surface area contributed by atoms with E-state index in [4.69, 9.17) is 5.26 Å². The number of nitriles is 1. The van der Waals surface area contributed by atoms with E-state index in [-0.39, 0.29) is 30.2 Å². The van der Waals surface area contributed by atoms with E-state index >= 15 is 0 Å². The Morgan fingerprint density at radius 2 is 2.00 bits per heavy atom. The normalized spacial score (nSPS) is 16.0. The molecular weight excluding hydrogens is 417 g/mol. The van der Waals surface area contributed by atoms with Crippen molar-refractivity contribution in [2.45, 2.75) is 32.1 Å². The minimum atomic E-state index is -0.273. The number of halogens is 1. The van der Waals surface area contributed by atoms with Crippen molar-refractivity contribution >= 4 is 34.4 Å². The van der Waals surface area contributed by atoms with Crippen molar-refractivity contribution in [2.75, 3.05) is 13.1 Å². The molecule has 1 aliphatic rings. The molecule has 0 bridgehead atoms. The van der Waals surface area contributed by atoms with Gasteiger partial charge < -0.3 is 10.6 Å². The third kappa shape index (κ3) is 5.48. The maximum Gasteiger partial charge on any atom is 0.251 e. The lowest BCUT2D eigenvalue weighted by molar-refractivity contribution is -0.126. The van der Waals surface area contributed by atoms with Gasteiger partial charge in [-0.15, -0.1) is 0 Å². The van der Waals surface area contributed by atoms with E-state index in [1.165, 1.54) is 6.42 Å². The summed E-state index contributed by atoms with van der Waals surface area (Å²) in [4.78, 5) is 24.7. The van der Waals surface area contributed by atoms with E-state index in [9.17, 15) is 9.59 Å². The number of nitrogens with zero attached hydrogens (tertiary/aromatic N) is 1. The van der Waals surface area contributed by atoms with Crippen LogP contribution in [0.15, 0.2) is 24.3 Å². The molecule has 6 heteroatoms. The number of benzene rings is 1. The molecule has 2 N–H and O–H groups in total. The number of hydrogen-bond donors (Lipinski definition) is 2.